The number of carbonyl (C=O) groups is 1. The second-order valence-corrected chi connectivity index (χ2v) is 7.86. The van der Waals surface area contributed by atoms with Crippen molar-refractivity contribution in [3.63, 3.8) is 0 Å². The molecule has 4 rings (SSSR count). The van der Waals surface area contributed by atoms with E-state index in [1.54, 1.807) is 31.3 Å². The van der Waals surface area contributed by atoms with Gasteiger partial charge >= 0.3 is 0 Å². The number of phenolic OH excluding ortho intramolecular Hbond substituents is 1. The molecule has 31 heavy (non-hydrogen) atoms. The monoisotopic (exact) mass is 416 g/mol. The number of hydrogen-bond donors (Lipinski definition) is 2. The van der Waals surface area contributed by atoms with Gasteiger partial charge in [0.05, 0.1) is 5.54 Å². The van der Waals surface area contributed by atoms with Gasteiger partial charge in [-0.1, -0.05) is 30.3 Å². The number of hydrogen-bond acceptors (Lipinski definition) is 3. The molecule has 0 aliphatic carbocycles. The predicted octanol–water partition coefficient (Wildman–Crippen LogP) is 4.62. The standard InChI is InChI=1S/C26H25FN2O2/c1-26(20-6-3-18(4-7-20)5-14-25(31)28-2)24-13-12-23(30)17-19(24)15-16-29(26)22-10-8-21(27)9-11-22/h3-14,17,30H,15-16H2,1-2H3,(H,28,31)/b14-5+. The highest BCUT2D eigenvalue weighted by atomic mass is 19.1. The fraction of sp³-hybridized carbons (Fsp3) is 0.192. The van der Waals surface area contributed by atoms with Gasteiger partial charge < -0.3 is 15.3 Å². The van der Waals surface area contributed by atoms with Crippen LogP contribution in [0.25, 0.3) is 6.08 Å². The van der Waals surface area contributed by atoms with E-state index in [0.29, 0.717) is 0 Å². The lowest BCUT2D eigenvalue weighted by Gasteiger charge is -2.48. The number of nitrogens with one attached hydrogen (secondary N) is 1. The molecule has 0 saturated carbocycles. The van der Waals surface area contributed by atoms with Gasteiger partial charge in [-0.15, -0.1) is 0 Å². The van der Waals surface area contributed by atoms with Crippen molar-refractivity contribution in [2.75, 3.05) is 18.5 Å². The van der Waals surface area contributed by atoms with Crippen molar-refractivity contribution in [1.29, 1.82) is 0 Å². The molecule has 0 spiro atoms. The smallest absolute Gasteiger partial charge is 0.243 e. The van der Waals surface area contributed by atoms with Crippen LogP contribution in [0.3, 0.4) is 0 Å². The van der Waals surface area contributed by atoms with E-state index in [-0.39, 0.29) is 17.5 Å². The van der Waals surface area contributed by atoms with E-state index >= 15 is 0 Å². The number of rotatable bonds is 4. The number of aromatic hydroxyl groups is 1. The number of nitrogens with zero attached hydrogens (tertiary/aromatic N) is 1. The Labute approximate surface area is 181 Å². The quantitative estimate of drug-likeness (QED) is 0.611. The average Bonchev–Trinajstić information content (AvgIpc) is 2.78. The predicted molar refractivity (Wildman–Crippen MR) is 122 cm³/mol. The first kappa shape index (κ1) is 20.7. The second kappa shape index (κ2) is 8.26. The van der Waals surface area contributed by atoms with Crippen LogP contribution in [-0.4, -0.2) is 24.6 Å². The van der Waals surface area contributed by atoms with E-state index in [4.69, 9.17) is 0 Å². The zero-order valence-electron chi connectivity index (χ0n) is 17.6. The van der Waals surface area contributed by atoms with E-state index in [1.165, 1.54) is 18.2 Å². The molecule has 0 aromatic heterocycles. The van der Waals surface area contributed by atoms with Crippen LogP contribution < -0.4 is 10.2 Å². The van der Waals surface area contributed by atoms with E-state index < -0.39 is 5.54 Å². The number of likely N-dealkylation sites (N-methyl/N-ethyl adjacent to an activating group) is 1. The van der Waals surface area contributed by atoms with Crippen LogP contribution in [0.15, 0.2) is 72.8 Å². The molecular formula is C26H25FN2O2. The van der Waals surface area contributed by atoms with Crippen LogP contribution in [0.4, 0.5) is 10.1 Å². The van der Waals surface area contributed by atoms with Crippen LogP contribution in [0.5, 0.6) is 5.75 Å². The van der Waals surface area contributed by atoms with E-state index in [1.807, 2.05) is 24.3 Å². The van der Waals surface area contributed by atoms with Crippen molar-refractivity contribution >= 4 is 17.7 Å². The second-order valence-electron chi connectivity index (χ2n) is 7.86. The van der Waals surface area contributed by atoms with Crippen molar-refractivity contribution in [2.45, 2.75) is 18.9 Å². The topological polar surface area (TPSA) is 52.6 Å². The molecule has 5 heteroatoms. The summed E-state index contributed by atoms with van der Waals surface area (Å²) in [6, 6.07) is 20.2. The maximum Gasteiger partial charge on any atom is 0.243 e. The van der Waals surface area contributed by atoms with Crippen molar-refractivity contribution in [1.82, 2.24) is 5.32 Å². The lowest BCUT2D eigenvalue weighted by atomic mass is 9.76. The van der Waals surface area contributed by atoms with Crippen LogP contribution in [0, 0.1) is 5.82 Å². The third-order valence-electron chi connectivity index (χ3n) is 6.04. The molecule has 1 amide bonds. The van der Waals surface area contributed by atoms with Crippen LogP contribution in [0.1, 0.15) is 29.2 Å². The maximum absolute atomic E-state index is 13.6. The minimum atomic E-state index is -0.512. The molecule has 0 radical (unpaired) electrons. The summed E-state index contributed by atoms with van der Waals surface area (Å²) in [4.78, 5) is 13.8. The Kier molecular flexibility index (Phi) is 5.51. The van der Waals surface area contributed by atoms with E-state index in [0.717, 1.165) is 40.9 Å². The van der Waals surface area contributed by atoms with Gasteiger partial charge in [-0.05, 0) is 78.1 Å². The number of anilines is 1. The number of amides is 1. The molecular weight excluding hydrogens is 391 g/mol. The van der Waals surface area contributed by atoms with Crippen LogP contribution in [0.2, 0.25) is 0 Å². The molecule has 4 nitrogen and oxygen atoms in total. The first-order chi connectivity index (χ1) is 14.9. The molecule has 3 aromatic rings. The summed E-state index contributed by atoms with van der Waals surface area (Å²) >= 11 is 0. The summed E-state index contributed by atoms with van der Waals surface area (Å²) in [5, 5.41) is 12.6. The number of halogens is 1. The lowest BCUT2D eigenvalue weighted by molar-refractivity contribution is -0.115. The molecule has 2 N–H and O–H groups in total. The molecule has 0 bridgehead atoms. The largest absolute Gasteiger partial charge is 0.508 e. The average molecular weight is 416 g/mol. The Bertz CT molecular complexity index is 1120. The molecule has 3 aromatic carbocycles. The summed E-state index contributed by atoms with van der Waals surface area (Å²) in [5.41, 5.74) is 4.62. The molecule has 158 valence electrons. The van der Waals surface area contributed by atoms with Gasteiger partial charge in [0.15, 0.2) is 0 Å². The Morgan fingerprint density at radius 2 is 1.81 bits per heavy atom. The Morgan fingerprint density at radius 1 is 1.10 bits per heavy atom. The summed E-state index contributed by atoms with van der Waals surface area (Å²) in [7, 11) is 1.60. The van der Waals surface area contributed by atoms with Crippen molar-refractivity contribution in [2.24, 2.45) is 0 Å². The van der Waals surface area contributed by atoms with Gasteiger partial charge in [0.1, 0.15) is 11.6 Å². The molecule has 1 aliphatic heterocycles. The molecule has 1 aliphatic rings. The Hall–Kier alpha value is -3.60. The summed E-state index contributed by atoms with van der Waals surface area (Å²) in [6.45, 7) is 2.89. The summed E-state index contributed by atoms with van der Waals surface area (Å²) in [6.07, 6.45) is 4.05. The SMILES string of the molecule is CNC(=O)/C=C/c1ccc(C2(C)c3ccc(O)cc3CCN2c2ccc(F)cc2)cc1. The maximum atomic E-state index is 13.6. The highest BCUT2D eigenvalue weighted by Gasteiger charge is 2.40. The highest BCUT2D eigenvalue weighted by molar-refractivity contribution is 5.91. The van der Waals surface area contributed by atoms with Gasteiger partial charge in [0, 0.05) is 25.4 Å². The Morgan fingerprint density at radius 3 is 2.48 bits per heavy atom. The van der Waals surface area contributed by atoms with Gasteiger partial charge in [-0.3, -0.25) is 4.79 Å². The number of benzene rings is 3. The number of fused-ring (bicyclic) bond motifs is 1. The fourth-order valence-electron chi connectivity index (χ4n) is 4.36. The van der Waals surface area contributed by atoms with Crippen molar-refractivity contribution < 1.29 is 14.3 Å². The third kappa shape index (κ3) is 3.91. The third-order valence-corrected chi connectivity index (χ3v) is 6.04. The first-order valence-corrected chi connectivity index (χ1v) is 10.3. The van der Waals surface area contributed by atoms with Gasteiger partial charge in [0.2, 0.25) is 5.91 Å². The minimum Gasteiger partial charge on any atom is -0.508 e. The number of carbonyl (C=O) groups excluding carboxylic acids is 1. The van der Waals surface area contributed by atoms with Crippen LogP contribution in [-0.2, 0) is 16.8 Å². The van der Waals surface area contributed by atoms with Crippen molar-refractivity contribution in [3.8, 4) is 5.75 Å². The molecule has 1 unspecified atom stereocenters. The normalized spacial score (nSPS) is 18.1. The highest BCUT2D eigenvalue weighted by Crippen LogP contribution is 2.44. The zero-order valence-corrected chi connectivity index (χ0v) is 17.6. The van der Waals surface area contributed by atoms with E-state index in [9.17, 15) is 14.3 Å². The number of phenols is 1. The molecule has 0 fully saturated rings. The van der Waals surface area contributed by atoms with Gasteiger partial charge in [-0.25, -0.2) is 4.39 Å². The fourth-order valence-corrected chi connectivity index (χ4v) is 4.36. The van der Waals surface area contributed by atoms with Gasteiger partial charge in [0.25, 0.3) is 0 Å². The minimum absolute atomic E-state index is 0.153. The van der Waals surface area contributed by atoms with E-state index in [2.05, 4.69) is 29.3 Å². The molecule has 1 heterocycles. The Balaban J connectivity index is 1.80. The van der Waals surface area contributed by atoms with Crippen molar-refractivity contribution in [3.05, 3.63) is 101 Å². The van der Waals surface area contributed by atoms with Crippen LogP contribution >= 0.6 is 0 Å². The lowest BCUT2D eigenvalue weighted by Crippen LogP contribution is -2.49. The summed E-state index contributed by atoms with van der Waals surface area (Å²) < 4.78 is 13.6. The first-order valence-electron chi connectivity index (χ1n) is 10.3. The molecule has 0 saturated heterocycles. The molecule has 1 atom stereocenters. The summed E-state index contributed by atoms with van der Waals surface area (Å²) in [5.74, 6) is -0.161. The zero-order chi connectivity index (χ0) is 22.0. The van der Waals surface area contributed by atoms with Gasteiger partial charge in [-0.2, -0.15) is 0 Å².